The van der Waals surface area contributed by atoms with Gasteiger partial charge in [0.25, 0.3) is 0 Å². The van der Waals surface area contributed by atoms with E-state index in [1.54, 1.807) is 0 Å². The van der Waals surface area contributed by atoms with Crippen LogP contribution in [0.3, 0.4) is 0 Å². The Morgan fingerprint density at radius 1 is 1.32 bits per heavy atom. The molecule has 0 saturated heterocycles. The Hall–Kier alpha value is -1.87. The van der Waals surface area contributed by atoms with Gasteiger partial charge in [0.2, 0.25) is 0 Å². The first-order valence-electron chi connectivity index (χ1n) is 6.77. The molecule has 0 aliphatic rings. The van der Waals surface area contributed by atoms with Crippen molar-refractivity contribution in [2.45, 2.75) is 20.3 Å². The molecule has 3 heteroatoms. The molecule has 1 aromatic carbocycles. The number of nitrogens with one attached hydrogen (secondary N) is 1. The molecule has 2 aromatic rings. The fourth-order valence-corrected chi connectivity index (χ4v) is 1.93. The molecule has 0 aliphatic carbocycles. The average molecular weight is 255 g/mol. The van der Waals surface area contributed by atoms with Gasteiger partial charge in [-0.05, 0) is 32.0 Å². The predicted octanol–water partition coefficient (Wildman–Crippen LogP) is 3.28. The number of benzene rings is 1. The summed E-state index contributed by atoms with van der Waals surface area (Å²) in [4.78, 5) is 0. The number of para-hydroxylation sites is 1. The first kappa shape index (κ1) is 13.6. The predicted molar refractivity (Wildman–Crippen MR) is 80.4 cm³/mol. The highest BCUT2D eigenvalue weighted by atomic mass is 15.3. The van der Waals surface area contributed by atoms with Crippen LogP contribution in [0.2, 0.25) is 0 Å². The molecule has 0 spiro atoms. The normalized spacial score (nSPS) is 11.8. The summed E-state index contributed by atoms with van der Waals surface area (Å²) >= 11 is 0. The van der Waals surface area contributed by atoms with Crippen molar-refractivity contribution in [3.63, 3.8) is 0 Å². The zero-order valence-electron chi connectivity index (χ0n) is 11.6. The molecule has 19 heavy (non-hydrogen) atoms. The van der Waals surface area contributed by atoms with Crippen LogP contribution < -0.4 is 5.32 Å². The average Bonchev–Trinajstić information content (AvgIpc) is 2.88. The quantitative estimate of drug-likeness (QED) is 0.803. The third kappa shape index (κ3) is 4.07. The molecule has 0 aliphatic heterocycles. The molecule has 0 atom stereocenters. The Kier molecular flexibility index (Phi) is 4.93. The lowest BCUT2D eigenvalue weighted by Gasteiger charge is -2.02. The van der Waals surface area contributed by atoms with Crippen LogP contribution in [0.1, 0.15) is 25.8 Å². The molecular formula is C16H21N3. The Bertz CT molecular complexity index is 526. The summed E-state index contributed by atoms with van der Waals surface area (Å²) in [6, 6.07) is 10.2. The standard InChI is InChI=1S/C16H21N3/c1-3-9-17-11-14(2)10-15-12-18-19(13-15)16-7-5-4-6-8-16/h4-8,10,12-13,17H,3,9,11H2,1-2H3. The molecule has 0 unspecified atom stereocenters. The molecule has 0 bridgehead atoms. The van der Waals surface area contributed by atoms with Crippen LogP contribution in [0.25, 0.3) is 11.8 Å². The van der Waals surface area contributed by atoms with Gasteiger partial charge in [-0.2, -0.15) is 5.10 Å². The van der Waals surface area contributed by atoms with Crippen molar-refractivity contribution in [3.05, 3.63) is 53.9 Å². The van der Waals surface area contributed by atoms with Gasteiger partial charge in [-0.1, -0.05) is 36.8 Å². The summed E-state index contributed by atoms with van der Waals surface area (Å²) in [6.45, 7) is 6.32. The van der Waals surface area contributed by atoms with Crippen molar-refractivity contribution in [3.8, 4) is 5.69 Å². The van der Waals surface area contributed by atoms with E-state index in [1.807, 2.05) is 29.1 Å². The fraction of sp³-hybridized carbons (Fsp3) is 0.312. The van der Waals surface area contributed by atoms with Gasteiger partial charge < -0.3 is 5.32 Å². The van der Waals surface area contributed by atoms with E-state index in [0.717, 1.165) is 24.3 Å². The molecule has 1 aromatic heterocycles. The van der Waals surface area contributed by atoms with Gasteiger partial charge in [0.1, 0.15) is 0 Å². The SMILES string of the molecule is CCCNCC(C)=Cc1cnn(-c2ccccc2)c1. The minimum Gasteiger partial charge on any atom is -0.313 e. The van der Waals surface area contributed by atoms with E-state index in [2.05, 4.69) is 48.7 Å². The van der Waals surface area contributed by atoms with Gasteiger partial charge in [0, 0.05) is 18.3 Å². The van der Waals surface area contributed by atoms with E-state index < -0.39 is 0 Å². The third-order valence-electron chi connectivity index (χ3n) is 2.87. The highest BCUT2D eigenvalue weighted by Gasteiger charge is 1.98. The smallest absolute Gasteiger partial charge is 0.0645 e. The highest BCUT2D eigenvalue weighted by Crippen LogP contribution is 2.10. The zero-order chi connectivity index (χ0) is 13.5. The second-order valence-electron chi connectivity index (χ2n) is 4.72. The van der Waals surface area contributed by atoms with Crippen LogP contribution in [0.15, 0.2) is 48.3 Å². The maximum atomic E-state index is 4.39. The molecule has 1 heterocycles. The summed E-state index contributed by atoms with van der Waals surface area (Å²) in [5, 5.41) is 7.79. The Balaban J connectivity index is 2.03. The molecule has 0 saturated carbocycles. The molecule has 0 radical (unpaired) electrons. The summed E-state index contributed by atoms with van der Waals surface area (Å²) in [5.74, 6) is 0. The summed E-state index contributed by atoms with van der Waals surface area (Å²) < 4.78 is 1.90. The molecule has 1 N–H and O–H groups in total. The van der Waals surface area contributed by atoms with Gasteiger partial charge in [-0.15, -0.1) is 0 Å². The first-order chi connectivity index (χ1) is 9.29. The minimum atomic E-state index is 0.935. The van der Waals surface area contributed by atoms with Crippen LogP contribution in [0.4, 0.5) is 0 Å². The van der Waals surface area contributed by atoms with E-state index in [1.165, 1.54) is 12.0 Å². The molecule has 0 fully saturated rings. The molecule has 100 valence electrons. The summed E-state index contributed by atoms with van der Waals surface area (Å²) in [6.07, 6.45) is 7.29. The van der Waals surface area contributed by atoms with Crippen molar-refractivity contribution >= 4 is 6.08 Å². The van der Waals surface area contributed by atoms with Crippen molar-refractivity contribution < 1.29 is 0 Å². The lowest BCUT2D eigenvalue weighted by atomic mass is 10.2. The maximum Gasteiger partial charge on any atom is 0.0645 e. The number of rotatable bonds is 6. The topological polar surface area (TPSA) is 29.9 Å². The van der Waals surface area contributed by atoms with Crippen LogP contribution >= 0.6 is 0 Å². The van der Waals surface area contributed by atoms with Crippen LogP contribution in [0, 0.1) is 0 Å². The van der Waals surface area contributed by atoms with Crippen LogP contribution in [-0.4, -0.2) is 22.9 Å². The van der Waals surface area contributed by atoms with E-state index in [4.69, 9.17) is 0 Å². The van der Waals surface area contributed by atoms with Crippen molar-refractivity contribution in [1.29, 1.82) is 0 Å². The second kappa shape index (κ2) is 6.90. The molecule has 3 nitrogen and oxygen atoms in total. The molecule has 2 rings (SSSR count). The highest BCUT2D eigenvalue weighted by molar-refractivity contribution is 5.51. The van der Waals surface area contributed by atoms with E-state index in [0.29, 0.717) is 0 Å². The number of nitrogens with zero attached hydrogens (tertiary/aromatic N) is 2. The monoisotopic (exact) mass is 255 g/mol. The van der Waals surface area contributed by atoms with Gasteiger partial charge in [0.05, 0.1) is 11.9 Å². The number of aromatic nitrogens is 2. The fourth-order valence-electron chi connectivity index (χ4n) is 1.93. The summed E-state index contributed by atoms with van der Waals surface area (Å²) in [7, 11) is 0. The van der Waals surface area contributed by atoms with Crippen molar-refractivity contribution in [1.82, 2.24) is 15.1 Å². The lowest BCUT2D eigenvalue weighted by Crippen LogP contribution is -2.16. The van der Waals surface area contributed by atoms with Crippen molar-refractivity contribution in [2.24, 2.45) is 0 Å². The van der Waals surface area contributed by atoms with E-state index in [-0.39, 0.29) is 0 Å². The largest absolute Gasteiger partial charge is 0.313 e. The van der Waals surface area contributed by atoms with E-state index in [9.17, 15) is 0 Å². The zero-order valence-corrected chi connectivity index (χ0v) is 11.6. The Labute approximate surface area is 115 Å². The first-order valence-corrected chi connectivity index (χ1v) is 6.77. The van der Waals surface area contributed by atoms with Gasteiger partial charge >= 0.3 is 0 Å². The lowest BCUT2D eigenvalue weighted by molar-refractivity contribution is 0.715. The van der Waals surface area contributed by atoms with Gasteiger partial charge in [-0.3, -0.25) is 0 Å². The maximum absolute atomic E-state index is 4.39. The van der Waals surface area contributed by atoms with Gasteiger partial charge in [-0.25, -0.2) is 4.68 Å². The third-order valence-corrected chi connectivity index (χ3v) is 2.87. The molecular weight excluding hydrogens is 234 g/mol. The van der Waals surface area contributed by atoms with Gasteiger partial charge in [0.15, 0.2) is 0 Å². The minimum absolute atomic E-state index is 0.935. The number of hydrogen-bond donors (Lipinski definition) is 1. The van der Waals surface area contributed by atoms with Crippen molar-refractivity contribution in [2.75, 3.05) is 13.1 Å². The number of hydrogen-bond acceptors (Lipinski definition) is 2. The Morgan fingerprint density at radius 3 is 2.84 bits per heavy atom. The molecule has 0 amide bonds. The second-order valence-corrected chi connectivity index (χ2v) is 4.72. The van der Waals surface area contributed by atoms with Crippen LogP contribution in [0.5, 0.6) is 0 Å². The van der Waals surface area contributed by atoms with E-state index >= 15 is 0 Å². The Morgan fingerprint density at radius 2 is 2.11 bits per heavy atom. The van der Waals surface area contributed by atoms with Crippen LogP contribution in [-0.2, 0) is 0 Å². The summed E-state index contributed by atoms with van der Waals surface area (Å²) in [5.41, 5.74) is 3.55.